The minimum Gasteiger partial charge on any atom is -0.366 e. The second-order valence-electron chi connectivity index (χ2n) is 7.25. The van der Waals surface area contributed by atoms with Crippen LogP contribution in [-0.4, -0.2) is 39.4 Å². The summed E-state index contributed by atoms with van der Waals surface area (Å²) >= 11 is 0. The summed E-state index contributed by atoms with van der Waals surface area (Å²) in [4.78, 5) is 39.8. The van der Waals surface area contributed by atoms with Gasteiger partial charge in [-0.1, -0.05) is 26.0 Å². The van der Waals surface area contributed by atoms with Gasteiger partial charge in [0.1, 0.15) is 6.54 Å². The standard InChI is InChI=1S/C20H19F3N4O3/c1-10(2)16(18(29)20(21,22)23)26-15(28)9-27-7-6-11-12-4-3-5-13(19(24)30)17(12)25-14(11)8-27/h3-8,10,16H,9H2,1-2H3,(H2,24,30)(H,26,28). The molecule has 2 amide bonds. The van der Waals surface area contributed by atoms with E-state index in [0.29, 0.717) is 16.6 Å². The van der Waals surface area contributed by atoms with Crippen molar-refractivity contribution in [3.05, 3.63) is 42.2 Å². The maximum Gasteiger partial charge on any atom is 0.452 e. The van der Waals surface area contributed by atoms with Crippen molar-refractivity contribution in [1.82, 2.24) is 14.9 Å². The zero-order valence-electron chi connectivity index (χ0n) is 16.2. The second-order valence-corrected chi connectivity index (χ2v) is 7.25. The predicted octanol–water partition coefficient (Wildman–Crippen LogP) is 2.51. The molecule has 10 heteroatoms. The summed E-state index contributed by atoms with van der Waals surface area (Å²) in [6.07, 6.45) is -1.93. The Kier molecular flexibility index (Phi) is 5.51. The van der Waals surface area contributed by atoms with Crippen LogP contribution in [-0.2, 0) is 16.1 Å². The van der Waals surface area contributed by atoms with Crippen LogP contribution in [0.15, 0.2) is 36.7 Å². The molecule has 1 aromatic rings. The number of alkyl halides is 3. The Morgan fingerprint density at radius 3 is 2.50 bits per heavy atom. The molecule has 7 nitrogen and oxygen atoms in total. The first-order valence-corrected chi connectivity index (χ1v) is 9.07. The quantitative estimate of drug-likeness (QED) is 0.639. The highest BCUT2D eigenvalue weighted by atomic mass is 19.4. The van der Waals surface area contributed by atoms with Crippen molar-refractivity contribution in [3.63, 3.8) is 0 Å². The average Bonchev–Trinajstić information content (AvgIpc) is 3.02. The highest BCUT2D eigenvalue weighted by Crippen LogP contribution is 2.32. The summed E-state index contributed by atoms with van der Waals surface area (Å²) in [5.74, 6) is -4.09. The van der Waals surface area contributed by atoms with Gasteiger partial charge in [-0.3, -0.25) is 14.4 Å². The molecule has 2 aliphatic heterocycles. The van der Waals surface area contributed by atoms with E-state index in [0.717, 1.165) is 5.56 Å². The molecule has 1 atom stereocenters. The summed E-state index contributed by atoms with van der Waals surface area (Å²) in [5.41, 5.74) is 7.29. The van der Waals surface area contributed by atoms with E-state index in [9.17, 15) is 27.6 Å². The molecule has 1 unspecified atom stereocenters. The summed E-state index contributed by atoms with van der Waals surface area (Å²) in [7, 11) is 0. The van der Waals surface area contributed by atoms with Crippen molar-refractivity contribution in [2.45, 2.75) is 32.6 Å². The molecule has 30 heavy (non-hydrogen) atoms. The number of rotatable bonds is 6. The number of carbonyl (C=O) groups is 3. The van der Waals surface area contributed by atoms with Crippen molar-refractivity contribution in [1.29, 1.82) is 0 Å². The van der Waals surface area contributed by atoms with Crippen LogP contribution in [0.1, 0.15) is 24.2 Å². The Balaban J connectivity index is 1.85. The predicted molar refractivity (Wildman–Crippen MR) is 103 cm³/mol. The second kappa shape index (κ2) is 7.77. The van der Waals surface area contributed by atoms with Crippen molar-refractivity contribution in [3.8, 4) is 11.3 Å². The third-order valence-electron chi connectivity index (χ3n) is 4.69. The number of para-hydroxylation sites is 1. The maximum atomic E-state index is 12.8. The molecule has 0 saturated heterocycles. The van der Waals surface area contributed by atoms with Gasteiger partial charge in [-0.15, -0.1) is 0 Å². The molecule has 0 aliphatic carbocycles. The minimum absolute atomic E-state index is 0.262. The van der Waals surface area contributed by atoms with Gasteiger partial charge in [0.2, 0.25) is 5.91 Å². The summed E-state index contributed by atoms with van der Waals surface area (Å²) in [6, 6.07) is 5.04. The summed E-state index contributed by atoms with van der Waals surface area (Å²) < 4.78 is 39.7. The van der Waals surface area contributed by atoms with Crippen molar-refractivity contribution in [2.75, 3.05) is 0 Å². The lowest BCUT2D eigenvalue weighted by Crippen LogP contribution is -2.50. The van der Waals surface area contributed by atoms with Crippen molar-refractivity contribution in [2.24, 2.45) is 11.7 Å². The van der Waals surface area contributed by atoms with E-state index in [2.05, 4.69) is 10.3 Å². The van der Waals surface area contributed by atoms with Crippen LogP contribution in [0, 0.1) is 5.92 Å². The van der Waals surface area contributed by atoms with Gasteiger partial charge in [0.05, 0.1) is 22.8 Å². The van der Waals surface area contributed by atoms with E-state index in [1.807, 2.05) is 0 Å². The Bertz CT molecular complexity index is 1100. The molecule has 158 valence electrons. The Labute approximate surface area is 169 Å². The van der Waals surface area contributed by atoms with Crippen LogP contribution < -0.4 is 11.1 Å². The largest absolute Gasteiger partial charge is 0.452 e. The molecule has 0 aromatic heterocycles. The molecular weight excluding hydrogens is 401 g/mol. The van der Waals surface area contributed by atoms with E-state index < -0.39 is 35.7 Å². The number of benzene rings is 1. The number of pyridine rings is 1. The van der Waals surface area contributed by atoms with E-state index in [4.69, 9.17) is 5.73 Å². The van der Waals surface area contributed by atoms with Crippen molar-refractivity contribution >= 4 is 28.5 Å². The van der Waals surface area contributed by atoms with E-state index >= 15 is 0 Å². The number of amides is 2. The number of nitrogens with zero attached hydrogens (tertiary/aromatic N) is 2. The monoisotopic (exact) mass is 420 g/mol. The SMILES string of the molecule is CC(C)C(NC(=O)Cn1ccc2c3cccc(C(N)=O)c3nc-2c1)C(=O)C(F)(F)F. The first kappa shape index (κ1) is 21.3. The van der Waals surface area contributed by atoms with Crippen LogP contribution in [0.3, 0.4) is 0 Å². The third kappa shape index (κ3) is 4.12. The van der Waals surface area contributed by atoms with Gasteiger partial charge in [0, 0.05) is 23.3 Å². The number of nitrogens with one attached hydrogen (secondary N) is 1. The van der Waals surface area contributed by atoms with Gasteiger partial charge in [-0.2, -0.15) is 13.2 Å². The number of carbonyl (C=O) groups excluding carboxylic acids is 3. The zero-order chi connectivity index (χ0) is 22.2. The molecule has 0 radical (unpaired) electrons. The zero-order valence-corrected chi connectivity index (χ0v) is 16.2. The average molecular weight is 420 g/mol. The topological polar surface area (TPSA) is 107 Å². The van der Waals surface area contributed by atoms with Gasteiger partial charge < -0.3 is 15.6 Å². The number of halogens is 3. The van der Waals surface area contributed by atoms with Gasteiger partial charge in [-0.25, -0.2) is 4.98 Å². The number of hydrogen-bond donors (Lipinski definition) is 2. The fourth-order valence-corrected chi connectivity index (χ4v) is 3.24. The van der Waals surface area contributed by atoms with Crippen LogP contribution >= 0.6 is 0 Å². The van der Waals surface area contributed by atoms with Crippen LogP contribution in [0.5, 0.6) is 0 Å². The van der Waals surface area contributed by atoms with Gasteiger partial charge in [-0.05, 0) is 18.1 Å². The molecule has 2 heterocycles. The Hall–Kier alpha value is -3.43. The number of nitrogens with two attached hydrogens (primary N) is 1. The number of Topliss-reactive ketones (excluding diaryl/α,β-unsaturated/α-hetero) is 1. The minimum atomic E-state index is -5.04. The first-order chi connectivity index (χ1) is 14.0. The molecule has 0 fully saturated rings. The molecule has 1 aromatic carbocycles. The van der Waals surface area contributed by atoms with E-state index in [1.165, 1.54) is 24.6 Å². The molecule has 0 spiro atoms. The molecule has 0 bridgehead atoms. The summed E-state index contributed by atoms with van der Waals surface area (Å²) in [6.45, 7) is 2.53. The fourth-order valence-electron chi connectivity index (χ4n) is 3.24. The van der Waals surface area contributed by atoms with Crippen molar-refractivity contribution < 1.29 is 27.6 Å². The highest BCUT2D eigenvalue weighted by molar-refractivity contribution is 6.09. The lowest BCUT2D eigenvalue weighted by atomic mass is 9.99. The van der Waals surface area contributed by atoms with Crippen LogP contribution in [0.25, 0.3) is 22.2 Å². The van der Waals surface area contributed by atoms with E-state index in [1.54, 1.807) is 30.5 Å². The summed E-state index contributed by atoms with van der Waals surface area (Å²) in [5, 5.41) is 2.88. The number of hydrogen-bond acceptors (Lipinski definition) is 4. The van der Waals surface area contributed by atoms with Crippen LogP contribution in [0.4, 0.5) is 13.2 Å². The first-order valence-electron chi connectivity index (χ1n) is 9.07. The number of primary amides is 1. The molecule has 2 aliphatic rings. The van der Waals surface area contributed by atoms with Crippen LogP contribution in [0.2, 0.25) is 0 Å². The molecule has 0 saturated carbocycles. The normalized spacial score (nSPS) is 13.0. The molecule has 3 N–H and O–H groups in total. The lowest BCUT2D eigenvalue weighted by Gasteiger charge is -2.22. The Morgan fingerprint density at radius 1 is 1.20 bits per heavy atom. The smallest absolute Gasteiger partial charge is 0.366 e. The number of fused-ring (bicyclic) bond motifs is 3. The Morgan fingerprint density at radius 2 is 1.90 bits per heavy atom. The van der Waals surface area contributed by atoms with E-state index in [-0.39, 0.29) is 12.1 Å². The fraction of sp³-hybridized carbons (Fsp3) is 0.300. The van der Waals surface area contributed by atoms with Gasteiger partial charge in [0.15, 0.2) is 0 Å². The van der Waals surface area contributed by atoms with Gasteiger partial charge >= 0.3 is 6.18 Å². The highest BCUT2D eigenvalue weighted by Gasteiger charge is 2.44. The molecule has 3 rings (SSSR count). The third-order valence-corrected chi connectivity index (χ3v) is 4.69. The maximum absolute atomic E-state index is 12.8. The van der Waals surface area contributed by atoms with Gasteiger partial charge in [0.25, 0.3) is 11.7 Å². The molecular formula is C20H19F3N4O3. The lowest BCUT2D eigenvalue weighted by molar-refractivity contribution is -0.174. The number of ketones is 1. The number of aromatic nitrogens is 2.